The molecular formula is C9H11ClN2O2. The maximum Gasteiger partial charge on any atom is 0.250 e. The van der Waals surface area contributed by atoms with E-state index in [2.05, 4.69) is 10.3 Å². The third-order valence-electron chi connectivity index (χ3n) is 1.48. The molecule has 1 heterocycles. The van der Waals surface area contributed by atoms with Crippen LogP contribution in [0.3, 0.4) is 0 Å². The molecule has 0 aliphatic carbocycles. The average molecular weight is 215 g/mol. The van der Waals surface area contributed by atoms with Gasteiger partial charge in [-0.2, -0.15) is 0 Å². The van der Waals surface area contributed by atoms with E-state index in [4.69, 9.17) is 16.3 Å². The SMILES string of the molecule is CCOCC(=O)Nc1cnccc1Cl. The number of halogens is 1. The van der Waals surface area contributed by atoms with Crippen LogP contribution >= 0.6 is 11.6 Å². The van der Waals surface area contributed by atoms with Crippen LogP contribution in [0.2, 0.25) is 5.02 Å². The van der Waals surface area contributed by atoms with E-state index < -0.39 is 0 Å². The Bertz CT molecular complexity index is 317. The lowest BCUT2D eigenvalue weighted by Gasteiger charge is -2.05. The van der Waals surface area contributed by atoms with Gasteiger partial charge in [0.15, 0.2) is 0 Å². The Balaban J connectivity index is 2.52. The van der Waals surface area contributed by atoms with Crippen molar-refractivity contribution in [3.8, 4) is 0 Å². The predicted octanol–water partition coefficient (Wildman–Crippen LogP) is 1.71. The Morgan fingerprint density at radius 3 is 3.14 bits per heavy atom. The highest BCUT2D eigenvalue weighted by molar-refractivity contribution is 6.33. The minimum atomic E-state index is -0.234. The first-order chi connectivity index (χ1) is 6.74. The van der Waals surface area contributed by atoms with E-state index in [1.807, 2.05) is 6.92 Å². The molecule has 0 aromatic carbocycles. The summed E-state index contributed by atoms with van der Waals surface area (Å²) in [6.07, 6.45) is 3.05. The number of hydrogen-bond donors (Lipinski definition) is 1. The maximum atomic E-state index is 11.2. The van der Waals surface area contributed by atoms with Crippen molar-refractivity contribution in [2.75, 3.05) is 18.5 Å². The molecule has 1 aromatic heterocycles. The number of nitrogens with zero attached hydrogens (tertiary/aromatic N) is 1. The van der Waals surface area contributed by atoms with E-state index in [-0.39, 0.29) is 12.5 Å². The van der Waals surface area contributed by atoms with Gasteiger partial charge < -0.3 is 10.1 Å². The number of rotatable bonds is 4. The van der Waals surface area contributed by atoms with Gasteiger partial charge in [-0.05, 0) is 13.0 Å². The largest absolute Gasteiger partial charge is 0.372 e. The molecule has 1 amide bonds. The van der Waals surface area contributed by atoms with E-state index in [0.29, 0.717) is 17.3 Å². The fourth-order valence-electron chi connectivity index (χ4n) is 0.851. The van der Waals surface area contributed by atoms with Gasteiger partial charge in [0.1, 0.15) is 6.61 Å². The lowest BCUT2D eigenvalue weighted by molar-refractivity contribution is -0.120. The predicted molar refractivity (Wildman–Crippen MR) is 54.4 cm³/mol. The number of carbonyl (C=O) groups excluding carboxylic acids is 1. The molecule has 76 valence electrons. The summed E-state index contributed by atoms with van der Waals surface area (Å²) in [5.74, 6) is -0.234. The van der Waals surface area contributed by atoms with Crippen molar-refractivity contribution >= 4 is 23.2 Å². The normalized spacial score (nSPS) is 9.86. The second-order valence-electron chi connectivity index (χ2n) is 2.54. The monoisotopic (exact) mass is 214 g/mol. The van der Waals surface area contributed by atoms with Gasteiger partial charge in [-0.1, -0.05) is 11.6 Å². The van der Waals surface area contributed by atoms with Crippen LogP contribution in [0.5, 0.6) is 0 Å². The third-order valence-corrected chi connectivity index (χ3v) is 1.81. The van der Waals surface area contributed by atoms with Crippen LogP contribution in [0.25, 0.3) is 0 Å². The molecular weight excluding hydrogens is 204 g/mol. The fourth-order valence-corrected chi connectivity index (χ4v) is 1.00. The van der Waals surface area contributed by atoms with Crippen molar-refractivity contribution < 1.29 is 9.53 Å². The molecule has 1 aromatic rings. The summed E-state index contributed by atoms with van der Waals surface area (Å²) in [6.45, 7) is 2.36. The van der Waals surface area contributed by atoms with Crippen LogP contribution in [-0.4, -0.2) is 24.1 Å². The van der Waals surface area contributed by atoms with Crippen LogP contribution in [0.15, 0.2) is 18.5 Å². The number of nitrogens with one attached hydrogen (secondary N) is 1. The van der Waals surface area contributed by atoms with Crippen LogP contribution in [0.4, 0.5) is 5.69 Å². The van der Waals surface area contributed by atoms with Gasteiger partial charge >= 0.3 is 0 Å². The molecule has 0 bridgehead atoms. The minimum Gasteiger partial charge on any atom is -0.372 e. The van der Waals surface area contributed by atoms with Crippen molar-refractivity contribution in [2.45, 2.75) is 6.92 Å². The molecule has 0 radical (unpaired) electrons. The number of anilines is 1. The first-order valence-electron chi connectivity index (χ1n) is 4.21. The zero-order chi connectivity index (χ0) is 10.4. The molecule has 0 aliphatic rings. The Kier molecular flexibility index (Phi) is 4.35. The highest BCUT2D eigenvalue weighted by Crippen LogP contribution is 2.18. The van der Waals surface area contributed by atoms with Crippen LogP contribution in [-0.2, 0) is 9.53 Å². The molecule has 1 N–H and O–H groups in total. The second kappa shape index (κ2) is 5.57. The summed E-state index contributed by atoms with van der Waals surface area (Å²) >= 11 is 5.81. The molecule has 0 saturated carbocycles. The van der Waals surface area contributed by atoms with Crippen molar-refractivity contribution in [3.63, 3.8) is 0 Å². The summed E-state index contributed by atoms with van der Waals surface area (Å²) in [5.41, 5.74) is 0.499. The first-order valence-corrected chi connectivity index (χ1v) is 4.59. The topological polar surface area (TPSA) is 51.2 Å². The van der Waals surface area contributed by atoms with E-state index in [1.165, 1.54) is 6.20 Å². The van der Waals surface area contributed by atoms with Gasteiger partial charge in [0.25, 0.3) is 0 Å². The van der Waals surface area contributed by atoms with Gasteiger partial charge in [-0.15, -0.1) is 0 Å². The zero-order valence-corrected chi connectivity index (χ0v) is 8.54. The van der Waals surface area contributed by atoms with Gasteiger partial charge in [0.05, 0.1) is 16.9 Å². The molecule has 5 heteroatoms. The maximum absolute atomic E-state index is 11.2. The summed E-state index contributed by atoms with van der Waals surface area (Å²) in [5, 5.41) is 3.05. The number of aromatic nitrogens is 1. The highest BCUT2D eigenvalue weighted by Gasteiger charge is 2.04. The molecule has 0 spiro atoms. The Morgan fingerprint density at radius 2 is 2.50 bits per heavy atom. The molecule has 4 nitrogen and oxygen atoms in total. The molecule has 14 heavy (non-hydrogen) atoms. The average Bonchev–Trinajstić information content (AvgIpc) is 2.18. The summed E-state index contributed by atoms with van der Waals surface area (Å²) in [4.78, 5) is 15.0. The van der Waals surface area contributed by atoms with Gasteiger partial charge in [0, 0.05) is 12.8 Å². The minimum absolute atomic E-state index is 0.0295. The first kappa shape index (κ1) is 10.9. The Labute approximate surface area is 87.2 Å². The summed E-state index contributed by atoms with van der Waals surface area (Å²) in [7, 11) is 0. The number of carbonyl (C=O) groups is 1. The van der Waals surface area contributed by atoms with Crippen LogP contribution in [0.1, 0.15) is 6.92 Å². The quantitative estimate of drug-likeness (QED) is 0.830. The molecule has 0 saturated heterocycles. The lowest BCUT2D eigenvalue weighted by atomic mass is 10.4. The van der Waals surface area contributed by atoms with E-state index in [9.17, 15) is 4.79 Å². The van der Waals surface area contributed by atoms with Crippen LogP contribution in [0, 0.1) is 0 Å². The number of pyridine rings is 1. The van der Waals surface area contributed by atoms with Crippen molar-refractivity contribution in [2.24, 2.45) is 0 Å². The van der Waals surface area contributed by atoms with Crippen molar-refractivity contribution in [1.29, 1.82) is 0 Å². The molecule has 0 atom stereocenters. The van der Waals surface area contributed by atoms with Gasteiger partial charge in [-0.25, -0.2) is 0 Å². The lowest BCUT2D eigenvalue weighted by Crippen LogP contribution is -2.18. The van der Waals surface area contributed by atoms with E-state index >= 15 is 0 Å². The number of amides is 1. The third kappa shape index (κ3) is 3.32. The smallest absolute Gasteiger partial charge is 0.250 e. The van der Waals surface area contributed by atoms with Crippen LogP contribution < -0.4 is 5.32 Å². The zero-order valence-electron chi connectivity index (χ0n) is 7.79. The van der Waals surface area contributed by atoms with Crippen molar-refractivity contribution in [1.82, 2.24) is 4.98 Å². The summed E-state index contributed by atoms with van der Waals surface area (Å²) < 4.78 is 4.93. The molecule has 0 aliphatic heterocycles. The van der Waals surface area contributed by atoms with E-state index in [0.717, 1.165) is 0 Å². The van der Waals surface area contributed by atoms with Gasteiger partial charge in [-0.3, -0.25) is 9.78 Å². The number of ether oxygens (including phenoxy) is 1. The molecule has 1 rings (SSSR count). The van der Waals surface area contributed by atoms with Gasteiger partial charge in [0.2, 0.25) is 5.91 Å². The number of hydrogen-bond acceptors (Lipinski definition) is 3. The summed E-state index contributed by atoms with van der Waals surface area (Å²) in [6, 6.07) is 1.61. The molecule has 0 fully saturated rings. The van der Waals surface area contributed by atoms with E-state index in [1.54, 1.807) is 12.3 Å². The Hall–Kier alpha value is -1.13. The van der Waals surface area contributed by atoms with Crippen molar-refractivity contribution in [3.05, 3.63) is 23.5 Å². The fraction of sp³-hybridized carbons (Fsp3) is 0.333. The molecule has 0 unspecified atom stereocenters. The highest BCUT2D eigenvalue weighted by atomic mass is 35.5. The Morgan fingerprint density at radius 1 is 1.71 bits per heavy atom. The second-order valence-corrected chi connectivity index (χ2v) is 2.95. The standard InChI is InChI=1S/C9H11ClN2O2/c1-2-14-6-9(13)12-8-5-11-4-3-7(8)10/h3-5H,2,6H2,1H3,(H,12,13).